The van der Waals surface area contributed by atoms with Crippen LogP contribution in [0.4, 0.5) is 0 Å². The third kappa shape index (κ3) is 2.01. The maximum atomic E-state index is 11.0. The summed E-state index contributed by atoms with van der Waals surface area (Å²) in [7, 11) is 0. The highest BCUT2D eigenvalue weighted by atomic mass is 16.3. The van der Waals surface area contributed by atoms with Crippen molar-refractivity contribution in [1.82, 2.24) is 4.98 Å². The Bertz CT molecular complexity index is 543. The van der Waals surface area contributed by atoms with Crippen molar-refractivity contribution < 1.29 is 9.90 Å². The van der Waals surface area contributed by atoms with E-state index in [1.54, 1.807) is 36.4 Å². The lowest BCUT2D eigenvalue weighted by Gasteiger charge is -2.27. The molecule has 0 fully saturated rings. The van der Waals surface area contributed by atoms with Crippen molar-refractivity contribution in [3.63, 3.8) is 0 Å². The van der Waals surface area contributed by atoms with Gasteiger partial charge in [-0.1, -0.05) is 24.3 Å². The van der Waals surface area contributed by atoms with Crippen LogP contribution in [0.15, 0.2) is 42.5 Å². The van der Waals surface area contributed by atoms with Gasteiger partial charge in [-0.2, -0.15) is 5.26 Å². The monoisotopic (exact) mass is 226 g/mol. The molecule has 4 heteroatoms. The molecule has 0 aromatic carbocycles. The Balaban J connectivity index is 2.45. The Hall–Kier alpha value is -2.25. The van der Waals surface area contributed by atoms with Crippen LogP contribution < -0.4 is 0 Å². The largest absolute Gasteiger partial charge is 0.377 e. The van der Waals surface area contributed by atoms with E-state index in [0.29, 0.717) is 12.0 Å². The van der Waals surface area contributed by atoms with E-state index < -0.39 is 11.5 Å². The number of aldehydes is 1. The number of allylic oxidation sites excluding steroid dienone is 2. The minimum Gasteiger partial charge on any atom is -0.377 e. The molecule has 0 saturated heterocycles. The molecule has 84 valence electrons. The van der Waals surface area contributed by atoms with Gasteiger partial charge in [-0.15, -0.1) is 0 Å². The fraction of sp³-hybridized carbons (Fsp3) is 0.154. The van der Waals surface area contributed by atoms with Crippen molar-refractivity contribution in [1.29, 1.82) is 5.26 Å². The molecule has 0 bridgehead atoms. The van der Waals surface area contributed by atoms with Gasteiger partial charge in [0.2, 0.25) is 0 Å². The van der Waals surface area contributed by atoms with Crippen molar-refractivity contribution in [2.24, 2.45) is 0 Å². The summed E-state index contributed by atoms with van der Waals surface area (Å²) in [5.74, 6) is -0.557. The van der Waals surface area contributed by atoms with Gasteiger partial charge in [0.05, 0.1) is 11.6 Å². The first-order valence-corrected chi connectivity index (χ1v) is 5.11. The Morgan fingerprint density at radius 2 is 2.29 bits per heavy atom. The average Bonchev–Trinajstić information content (AvgIpc) is 2.39. The molecule has 2 unspecified atom stereocenters. The van der Waals surface area contributed by atoms with Gasteiger partial charge in [0.1, 0.15) is 17.4 Å². The average molecular weight is 226 g/mol. The van der Waals surface area contributed by atoms with E-state index in [9.17, 15) is 9.90 Å². The lowest BCUT2D eigenvalue weighted by molar-refractivity contribution is -0.120. The Labute approximate surface area is 98.5 Å². The summed E-state index contributed by atoms with van der Waals surface area (Å²) in [6, 6.07) is 6.87. The Morgan fingerprint density at radius 3 is 3.00 bits per heavy atom. The van der Waals surface area contributed by atoms with Crippen LogP contribution in [0.2, 0.25) is 0 Å². The molecule has 0 aliphatic heterocycles. The zero-order valence-electron chi connectivity index (χ0n) is 8.95. The molecular weight excluding hydrogens is 216 g/mol. The highest BCUT2D eigenvalue weighted by Gasteiger charge is 2.35. The predicted molar refractivity (Wildman–Crippen MR) is 61.0 cm³/mol. The molecule has 1 aromatic rings. The normalized spacial score (nSPS) is 26.5. The van der Waals surface area contributed by atoms with Crippen LogP contribution in [0.3, 0.4) is 0 Å². The summed E-state index contributed by atoms with van der Waals surface area (Å²) in [5.41, 5.74) is -0.825. The number of carbonyl (C=O) groups is 1. The number of aromatic nitrogens is 1. The second kappa shape index (κ2) is 4.32. The summed E-state index contributed by atoms with van der Waals surface area (Å²) in [5, 5.41) is 18.9. The Kier molecular flexibility index (Phi) is 2.86. The van der Waals surface area contributed by atoms with E-state index in [1.807, 2.05) is 6.07 Å². The minimum absolute atomic E-state index is 0.263. The maximum Gasteiger partial charge on any atom is 0.156 e. The topological polar surface area (TPSA) is 74.0 Å². The van der Waals surface area contributed by atoms with Crippen LogP contribution in [0.1, 0.15) is 17.3 Å². The van der Waals surface area contributed by atoms with Gasteiger partial charge in [0, 0.05) is 0 Å². The SMILES string of the molecule is N#Cc1cccc(C2C=CC=CC2(O)C=O)n1. The number of carbonyl (C=O) groups excluding carboxylic acids is 1. The van der Waals surface area contributed by atoms with Gasteiger partial charge in [0.15, 0.2) is 6.29 Å². The van der Waals surface area contributed by atoms with Crippen LogP contribution in [0.25, 0.3) is 0 Å². The molecule has 0 saturated carbocycles. The van der Waals surface area contributed by atoms with Crippen molar-refractivity contribution in [2.75, 3.05) is 0 Å². The van der Waals surface area contributed by atoms with E-state index in [4.69, 9.17) is 5.26 Å². The first-order chi connectivity index (χ1) is 8.19. The molecule has 1 aromatic heterocycles. The number of rotatable bonds is 2. The molecule has 0 amide bonds. The van der Waals surface area contributed by atoms with Gasteiger partial charge in [0.25, 0.3) is 0 Å². The van der Waals surface area contributed by atoms with Crippen LogP contribution in [-0.2, 0) is 4.79 Å². The lowest BCUT2D eigenvalue weighted by atomic mass is 9.82. The highest BCUT2D eigenvalue weighted by molar-refractivity contribution is 5.70. The zero-order valence-corrected chi connectivity index (χ0v) is 8.95. The molecule has 2 atom stereocenters. The second-order valence-electron chi connectivity index (χ2n) is 3.79. The van der Waals surface area contributed by atoms with E-state index in [1.165, 1.54) is 6.08 Å². The molecule has 4 nitrogen and oxygen atoms in total. The van der Waals surface area contributed by atoms with E-state index in [2.05, 4.69) is 4.98 Å². The van der Waals surface area contributed by atoms with Gasteiger partial charge in [-0.05, 0) is 18.2 Å². The fourth-order valence-electron chi connectivity index (χ4n) is 1.78. The molecular formula is C13H10N2O2. The summed E-state index contributed by atoms with van der Waals surface area (Å²) in [4.78, 5) is 15.1. The summed E-state index contributed by atoms with van der Waals surface area (Å²) >= 11 is 0. The molecule has 1 heterocycles. The predicted octanol–water partition coefficient (Wildman–Crippen LogP) is 1.09. The van der Waals surface area contributed by atoms with Crippen molar-refractivity contribution in [2.45, 2.75) is 11.5 Å². The van der Waals surface area contributed by atoms with E-state index in [0.717, 1.165) is 0 Å². The number of pyridine rings is 1. The third-order valence-corrected chi connectivity index (χ3v) is 2.67. The number of nitrogens with zero attached hydrogens (tertiary/aromatic N) is 2. The van der Waals surface area contributed by atoms with Crippen LogP contribution >= 0.6 is 0 Å². The molecule has 1 aliphatic rings. The molecule has 17 heavy (non-hydrogen) atoms. The van der Waals surface area contributed by atoms with E-state index in [-0.39, 0.29) is 5.69 Å². The van der Waals surface area contributed by atoms with Gasteiger partial charge in [-0.3, -0.25) is 4.79 Å². The maximum absolute atomic E-state index is 11.0. The first kappa shape index (κ1) is 11.2. The zero-order chi connectivity index (χ0) is 12.3. The van der Waals surface area contributed by atoms with Gasteiger partial charge in [-0.25, -0.2) is 4.98 Å². The first-order valence-electron chi connectivity index (χ1n) is 5.11. The van der Waals surface area contributed by atoms with Crippen molar-refractivity contribution >= 4 is 6.29 Å². The molecule has 2 rings (SSSR count). The van der Waals surface area contributed by atoms with Crippen LogP contribution in [0.5, 0.6) is 0 Å². The lowest BCUT2D eigenvalue weighted by Crippen LogP contribution is -2.36. The molecule has 1 N–H and O–H groups in total. The molecule has 0 radical (unpaired) electrons. The number of hydrogen-bond acceptors (Lipinski definition) is 4. The van der Waals surface area contributed by atoms with E-state index >= 15 is 0 Å². The second-order valence-corrected chi connectivity index (χ2v) is 3.79. The smallest absolute Gasteiger partial charge is 0.156 e. The highest BCUT2D eigenvalue weighted by Crippen LogP contribution is 2.31. The van der Waals surface area contributed by atoms with Crippen molar-refractivity contribution in [3.05, 3.63) is 53.9 Å². The number of aliphatic hydroxyl groups is 1. The Morgan fingerprint density at radius 1 is 1.47 bits per heavy atom. The minimum atomic E-state index is -1.59. The summed E-state index contributed by atoms with van der Waals surface area (Å²) in [6.45, 7) is 0. The van der Waals surface area contributed by atoms with Crippen LogP contribution in [0, 0.1) is 11.3 Å². The van der Waals surface area contributed by atoms with Gasteiger partial charge >= 0.3 is 0 Å². The quantitative estimate of drug-likeness (QED) is 0.766. The summed E-state index contributed by atoms with van der Waals surface area (Å²) < 4.78 is 0. The van der Waals surface area contributed by atoms with Gasteiger partial charge < -0.3 is 5.11 Å². The molecule has 1 aliphatic carbocycles. The number of nitriles is 1. The standard InChI is InChI=1S/C13H10N2O2/c14-8-10-4-3-6-12(15-10)11-5-1-2-7-13(11,17)9-16/h1-7,9,11,17H. The number of hydrogen-bond donors (Lipinski definition) is 1. The van der Waals surface area contributed by atoms with Crippen molar-refractivity contribution in [3.8, 4) is 6.07 Å². The fourth-order valence-corrected chi connectivity index (χ4v) is 1.78. The molecule has 0 spiro atoms. The third-order valence-electron chi connectivity index (χ3n) is 2.67. The van der Waals surface area contributed by atoms with Crippen LogP contribution in [-0.4, -0.2) is 22.0 Å². The summed E-state index contributed by atoms with van der Waals surface area (Å²) in [6.07, 6.45) is 6.95.